The molecule has 1 aliphatic heterocycles. The van der Waals surface area contributed by atoms with Crippen LogP contribution in [0, 0.1) is 5.82 Å². The van der Waals surface area contributed by atoms with Crippen molar-refractivity contribution >= 4 is 23.2 Å². The van der Waals surface area contributed by atoms with Crippen molar-refractivity contribution in [1.82, 2.24) is 0 Å². The lowest BCUT2D eigenvalue weighted by molar-refractivity contribution is -0.115. The van der Waals surface area contributed by atoms with E-state index in [9.17, 15) is 9.18 Å². The minimum atomic E-state index is -0.349. The standard InChI is InChI=1S/C17H15ClFNO3/c18-14-8-11(9-15-17(14)23-7-1-6-22-15)10-16(21)20-13-4-2-12(19)3-5-13/h2-5,8-9H,1,6-7,10H2,(H,20,21). The lowest BCUT2D eigenvalue weighted by Gasteiger charge is -2.11. The molecule has 1 heterocycles. The first-order chi connectivity index (χ1) is 11.1. The zero-order chi connectivity index (χ0) is 16.2. The first-order valence-corrected chi connectivity index (χ1v) is 7.63. The van der Waals surface area contributed by atoms with Gasteiger partial charge in [0.15, 0.2) is 11.5 Å². The quantitative estimate of drug-likeness (QED) is 0.927. The van der Waals surface area contributed by atoms with Gasteiger partial charge in [-0.25, -0.2) is 4.39 Å². The van der Waals surface area contributed by atoms with Crippen LogP contribution in [0.2, 0.25) is 5.02 Å². The number of anilines is 1. The highest BCUT2D eigenvalue weighted by Gasteiger charge is 2.16. The van der Waals surface area contributed by atoms with E-state index < -0.39 is 0 Å². The van der Waals surface area contributed by atoms with E-state index in [4.69, 9.17) is 21.1 Å². The fourth-order valence-corrected chi connectivity index (χ4v) is 2.60. The third kappa shape index (κ3) is 3.93. The Kier molecular flexibility index (Phi) is 4.67. The van der Waals surface area contributed by atoms with Crippen LogP contribution in [0.4, 0.5) is 10.1 Å². The van der Waals surface area contributed by atoms with Gasteiger partial charge < -0.3 is 14.8 Å². The van der Waals surface area contributed by atoms with E-state index in [2.05, 4.69) is 5.32 Å². The summed E-state index contributed by atoms with van der Waals surface area (Å²) < 4.78 is 24.0. The Morgan fingerprint density at radius 3 is 2.70 bits per heavy atom. The highest BCUT2D eigenvalue weighted by Crippen LogP contribution is 2.38. The molecule has 0 atom stereocenters. The minimum absolute atomic E-state index is 0.133. The fourth-order valence-electron chi connectivity index (χ4n) is 2.31. The maximum atomic E-state index is 12.9. The average Bonchev–Trinajstić information content (AvgIpc) is 2.75. The summed E-state index contributed by atoms with van der Waals surface area (Å²) in [6.07, 6.45) is 0.916. The van der Waals surface area contributed by atoms with Gasteiger partial charge in [0.05, 0.1) is 24.7 Å². The van der Waals surface area contributed by atoms with Crippen molar-refractivity contribution in [2.45, 2.75) is 12.8 Å². The number of rotatable bonds is 3. The van der Waals surface area contributed by atoms with Crippen LogP contribution in [0.3, 0.4) is 0 Å². The van der Waals surface area contributed by atoms with Gasteiger partial charge in [-0.05, 0) is 42.0 Å². The van der Waals surface area contributed by atoms with Crippen LogP contribution < -0.4 is 14.8 Å². The van der Waals surface area contributed by atoms with E-state index in [0.29, 0.717) is 35.4 Å². The summed E-state index contributed by atoms with van der Waals surface area (Å²) >= 11 is 6.20. The van der Waals surface area contributed by atoms with Gasteiger partial charge in [-0.2, -0.15) is 0 Å². The van der Waals surface area contributed by atoms with Crippen molar-refractivity contribution in [1.29, 1.82) is 0 Å². The molecule has 23 heavy (non-hydrogen) atoms. The molecule has 1 N–H and O–H groups in total. The van der Waals surface area contributed by atoms with Crippen LogP contribution >= 0.6 is 11.6 Å². The van der Waals surface area contributed by atoms with Crippen LogP contribution in [0.25, 0.3) is 0 Å². The summed E-state index contributed by atoms with van der Waals surface area (Å²) in [5.41, 5.74) is 1.26. The lowest BCUT2D eigenvalue weighted by Crippen LogP contribution is -2.14. The number of fused-ring (bicyclic) bond motifs is 1. The van der Waals surface area contributed by atoms with E-state index in [1.54, 1.807) is 12.1 Å². The van der Waals surface area contributed by atoms with Crippen LogP contribution in [0.1, 0.15) is 12.0 Å². The Labute approximate surface area is 138 Å². The highest BCUT2D eigenvalue weighted by molar-refractivity contribution is 6.32. The average molecular weight is 336 g/mol. The Hall–Kier alpha value is -2.27. The molecule has 6 heteroatoms. The number of nitrogens with one attached hydrogen (secondary N) is 1. The zero-order valence-electron chi connectivity index (χ0n) is 12.3. The molecule has 2 aromatic rings. The first kappa shape index (κ1) is 15.6. The summed E-state index contributed by atoms with van der Waals surface area (Å²) in [6.45, 7) is 1.10. The fraction of sp³-hybridized carbons (Fsp3) is 0.235. The van der Waals surface area contributed by atoms with Crippen molar-refractivity contribution < 1.29 is 18.7 Å². The highest BCUT2D eigenvalue weighted by atomic mass is 35.5. The number of amides is 1. The largest absolute Gasteiger partial charge is 0.489 e. The van der Waals surface area contributed by atoms with Gasteiger partial charge in [0.1, 0.15) is 5.82 Å². The number of halogens is 2. The number of benzene rings is 2. The summed E-state index contributed by atoms with van der Waals surface area (Å²) in [7, 11) is 0. The SMILES string of the molecule is O=C(Cc1cc(Cl)c2c(c1)OCCCO2)Nc1ccc(F)cc1. The molecular formula is C17H15ClFNO3. The number of carbonyl (C=O) groups is 1. The number of ether oxygens (including phenoxy) is 2. The summed E-state index contributed by atoms with van der Waals surface area (Å²) in [6, 6.07) is 9.05. The molecular weight excluding hydrogens is 321 g/mol. The molecule has 0 fully saturated rings. The van der Waals surface area contributed by atoms with E-state index in [1.165, 1.54) is 24.3 Å². The number of hydrogen-bond donors (Lipinski definition) is 1. The Morgan fingerprint density at radius 2 is 1.91 bits per heavy atom. The molecule has 120 valence electrons. The predicted molar refractivity (Wildman–Crippen MR) is 85.8 cm³/mol. The third-order valence-corrected chi connectivity index (χ3v) is 3.64. The van der Waals surface area contributed by atoms with Gasteiger partial charge in [0, 0.05) is 12.1 Å². The van der Waals surface area contributed by atoms with Crippen molar-refractivity contribution in [2.24, 2.45) is 0 Å². The number of hydrogen-bond acceptors (Lipinski definition) is 3. The van der Waals surface area contributed by atoms with Gasteiger partial charge in [0.2, 0.25) is 5.91 Å². The normalized spacial score (nSPS) is 13.3. The molecule has 1 aliphatic rings. The smallest absolute Gasteiger partial charge is 0.228 e. The van der Waals surface area contributed by atoms with Gasteiger partial charge in [-0.1, -0.05) is 11.6 Å². The van der Waals surface area contributed by atoms with E-state index in [0.717, 1.165) is 12.0 Å². The first-order valence-electron chi connectivity index (χ1n) is 7.25. The molecule has 0 aromatic heterocycles. The molecule has 0 spiro atoms. The molecule has 1 amide bonds. The van der Waals surface area contributed by atoms with Crippen LogP contribution in [-0.4, -0.2) is 19.1 Å². The second-order valence-electron chi connectivity index (χ2n) is 5.19. The second kappa shape index (κ2) is 6.87. The van der Waals surface area contributed by atoms with E-state index >= 15 is 0 Å². The molecule has 2 aromatic carbocycles. The molecule has 0 radical (unpaired) electrons. The van der Waals surface area contributed by atoms with E-state index in [1.807, 2.05) is 0 Å². The van der Waals surface area contributed by atoms with Crippen molar-refractivity contribution in [3.8, 4) is 11.5 Å². The zero-order valence-corrected chi connectivity index (χ0v) is 13.0. The molecule has 4 nitrogen and oxygen atoms in total. The molecule has 0 saturated carbocycles. The maximum Gasteiger partial charge on any atom is 0.228 e. The van der Waals surface area contributed by atoms with Crippen LogP contribution in [0.15, 0.2) is 36.4 Å². The topological polar surface area (TPSA) is 47.6 Å². The molecule has 0 unspecified atom stereocenters. The van der Waals surface area contributed by atoms with E-state index in [-0.39, 0.29) is 18.1 Å². The van der Waals surface area contributed by atoms with Crippen molar-refractivity contribution in [3.63, 3.8) is 0 Å². The van der Waals surface area contributed by atoms with Gasteiger partial charge in [-0.3, -0.25) is 4.79 Å². The maximum absolute atomic E-state index is 12.9. The Bertz CT molecular complexity index is 719. The molecule has 3 rings (SSSR count). The predicted octanol–water partition coefficient (Wildman–Crippen LogP) is 3.82. The van der Waals surface area contributed by atoms with Crippen molar-refractivity contribution in [2.75, 3.05) is 18.5 Å². The van der Waals surface area contributed by atoms with Gasteiger partial charge >= 0.3 is 0 Å². The number of carbonyl (C=O) groups excluding carboxylic acids is 1. The van der Waals surface area contributed by atoms with Crippen molar-refractivity contribution in [3.05, 3.63) is 52.8 Å². The summed E-state index contributed by atoms with van der Waals surface area (Å²) in [4.78, 5) is 12.1. The minimum Gasteiger partial charge on any atom is -0.489 e. The summed E-state index contributed by atoms with van der Waals surface area (Å²) in [5, 5.41) is 3.13. The monoisotopic (exact) mass is 335 g/mol. The Morgan fingerprint density at radius 1 is 1.17 bits per heavy atom. The Balaban J connectivity index is 1.72. The molecule has 0 saturated heterocycles. The lowest BCUT2D eigenvalue weighted by atomic mass is 10.1. The van der Waals surface area contributed by atoms with Gasteiger partial charge in [-0.15, -0.1) is 0 Å². The third-order valence-electron chi connectivity index (χ3n) is 3.35. The second-order valence-corrected chi connectivity index (χ2v) is 5.59. The van der Waals surface area contributed by atoms with Crippen LogP contribution in [-0.2, 0) is 11.2 Å². The van der Waals surface area contributed by atoms with Crippen LogP contribution in [0.5, 0.6) is 11.5 Å². The molecule has 0 bridgehead atoms. The van der Waals surface area contributed by atoms with Gasteiger partial charge in [0.25, 0.3) is 0 Å². The molecule has 0 aliphatic carbocycles. The summed E-state index contributed by atoms with van der Waals surface area (Å²) in [5.74, 6) is 0.506.